The van der Waals surface area contributed by atoms with E-state index in [1.54, 1.807) is 0 Å². The highest BCUT2D eigenvalue weighted by Gasteiger charge is 2.33. The summed E-state index contributed by atoms with van der Waals surface area (Å²) in [7, 11) is -1.53. The predicted octanol–water partition coefficient (Wildman–Crippen LogP) is 6.38. The van der Waals surface area contributed by atoms with Gasteiger partial charge < -0.3 is 4.43 Å². The third kappa shape index (κ3) is 5.40. The standard InChI is InChI=1S/C20H34OSi/c1-7-22(8-2,9-3)21-18(6)20(17(4)5)16-15-19-13-11-10-12-14-19/h10-18,20H,7-9H2,1-6H3/b16-15+/t18-,20-/m0/s1. The second-order valence-electron chi connectivity index (χ2n) is 6.66. The molecule has 0 N–H and O–H groups in total. The Morgan fingerprint density at radius 3 is 1.95 bits per heavy atom. The van der Waals surface area contributed by atoms with Crippen LogP contribution in [-0.4, -0.2) is 14.4 Å². The lowest BCUT2D eigenvalue weighted by Gasteiger charge is -2.36. The first-order chi connectivity index (χ1) is 10.5. The summed E-state index contributed by atoms with van der Waals surface area (Å²) in [6.45, 7) is 13.8. The van der Waals surface area contributed by atoms with Gasteiger partial charge in [-0.3, -0.25) is 0 Å². The molecule has 1 nitrogen and oxygen atoms in total. The van der Waals surface area contributed by atoms with Crippen molar-refractivity contribution in [1.29, 1.82) is 0 Å². The summed E-state index contributed by atoms with van der Waals surface area (Å²) in [5, 5.41) is 0. The van der Waals surface area contributed by atoms with Crippen LogP contribution in [0.2, 0.25) is 18.1 Å². The van der Waals surface area contributed by atoms with Crippen molar-refractivity contribution in [3.05, 3.63) is 42.0 Å². The van der Waals surface area contributed by atoms with Crippen LogP contribution in [0.1, 0.15) is 47.1 Å². The fourth-order valence-corrected chi connectivity index (χ4v) is 6.13. The lowest BCUT2D eigenvalue weighted by atomic mass is 9.90. The highest BCUT2D eigenvalue weighted by Crippen LogP contribution is 2.29. The Kier molecular flexibility index (Phi) is 8.12. The largest absolute Gasteiger partial charge is 0.414 e. The molecule has 0 aromatic heterocycles. The van der Waals surface area contributed by atoms with E-state index in [1.807, 2.05) is 0 Å². The lowest BCUT2D eigenvalue weighted by Crippen LogP contribution is -2.42. The van der Waals surface area contributed by atoms with E-state index in [9.17, 15) is 0 Å². The quantitative estimate of drug-likeness (QED) is 0.480. The molecule has 0 fully saturated rings. The molecule has 0 heterocycles. The molecule has 0 aliphatic rings. The molecule has 22 heavy (non-hydrogen) atoms. The molecule has 0 spiro atoms. The molecule has 0 aliphatic heterocycles. The van der Waals surface area contributed by atoms with Gasteiger partial charge in [0.25, 0.3) is 0 Å². The van der Waals surface area contributed by atoms with E-state index in [-0.39, 0.29) is 0 Å². The summed E-state index contributed by atoms with van der Waals surface area (Å²) in [4.78, 5) is 0. The smallest absolute Gasteiger partial charge is 0.192 e. The number of hydrogen-bond acceptors (Lipinski definition) is 1. The predicted molar refractivity (Wildman–Crippen MR) is 102 cm³/mol. The third-order valence-corrected chi connectivity index (χ3v) is 9.73. The van der Waals surface area contributed by atoms with E-state index in [1.165, 1.54) is 23.7 Å². The molecule has 0 bridgehead atoms. The molecule has 0 saturated carbocycles. The first kappa shape index (κ1) is 19.2. The maximum absolute atomic E-state index is 6.69. The second kappa shape index (κ2) is 9.31. The highest BCUT2D eigenvalue weighted by molar-refractivity contribution is 6.73. The van der Waals surface area contributed by atoms with Crippen LogP contribution in [0.25, 0.3) is 6.08 Å². The fraction of sp³-hybridized carbons (Fsp3) is 0.600. The Hall–Kier alpha value is -0.863. The Labute approximate surface area is 138 Å². The Balaban J connectivity index is 2.84. The Morgan fingerprint density at radius 2 is 1.50 bits per heavy atom. The van der Waals surface area contributed by atoms with E-state index in [2.05, 4.69) is 84.0 Å². The zero-order valence-electron chi connectivity index (χ0n) is 15.3. The normalized spacial score (nSPS) is 15.4. The average Bonchev–Trinajstić information content (AvgIpc) is 2.53. The van der Waals surface area contributed by atoms with Gasteiger partial charge in [-0.05, 0) is 36.5 Å². The number of rotatable bonds is 9. The van der Waals surface area contributed by atoms with Gasteiger partial charge in [0.15, 0.2) is 8.32 Å². The van der Waals surface area contributed by atoms with E-state index in [4.69, 9.17) is 4.43 Å². The van der Waals surface area contributed by atoms with Crippen LogP contribution >= 0.6 is 0 Å². The molecule has 124 valence electrons. The van der Waals surface area contributed by atoms with Gasteiger partial charge in [0, 0.05) is 12.0 Å². The SMILES string of the molecule is CC[Si](CC)(CC)O[C@@H](C)[C@@H](/C=C/c1ccccc1)C(C)C. The molecule has 0 amide bonds. The molecule has 2 heteroatoms. The minimum absolute atomic E-state index is 0.298. The topological polar surface area (TPSA) is 9.23 Å². The van der Waals surface area contributed by atoms with Crippen LogP contribution in [0.5, 0.6) is 0 Å². The summed E-state index contributed by atoms with van der Waals surface area (Å²) in [5.41, 5.74) is 1.27. The van der Waals surface area contributed by atoms with Gasteiger partial charge in [-0.25, -0.2) is 0 Å². The first-order valence-corrected chi connectivity index (χ1v) is 11.4. The van der Waals surface area contributed by atoms with E-state index >= 15 is 0 Å². The fourth-order valence-electron chi connectivity index (χ4n) is 3.18. The average molecular weight is 319 g/mol. The van der Waals surface area contributed by atoms with Crippen molar-refractivity contribution in [2.75, 3.05) is 0 Å². The molecular formula is C20H34OSi. The molecule has 1 rings (SSSR count). The Bertz CT molecular complexity index is 426. The van der Waals surface area contributed by atoms with Crippen LogP contribution in [0.3, 0.4) is 0 Å². The van der Waals surface area contributed by atoms with Crippen molar-refractivity contribution < 1.29 is 4.43 Å². The van der Waals surface area contributed by atoms with Crippen LogP contribution in [0.15, 0.2) is 36.4 Å². The lowest BCUT2D eigenvalue weighted by molar-refractivity contribution is 0.137. The number of hydrogen-bond donors (Lipinski definition) is 0. The summed E-state index contributed by atoms with van der Waals surface area (Å²) >= 11 is 0. The zero-order valence-corrected chi connectivity index (χ0v) is 16.3. The monoisotopic (exact) mass is 318 g/mol. The second-order valence-corrected chi connectivity index (χ2v) is 11.4. The summed E-state index contributed by atoms with van der Waals surface area (Å²) in [6.07, 6.45) is 4.90. The van der Waals surface area contributed by atoms with Gasteiger partial charge in [-0.2, -0.15) is 0 Å². The van der Waals surface area contributed by atoms with E-state index in [0.717, 1.165) is 0 Å². The van der Waals surface area contributed by atoms with Gasteiger partial charge >= 0.3 is 0 Å². The summed E-state index contributed by atoms with van der Waals surface area (Å²) < 4.78 is 6.69. The molecule has 0 radical (unpaired) electrons. The first-order valence-electron chi connectivity index (χ1n) is 8.89. The molecule has 0 unspecified atom stereocenters. The van der Waals surface area contributed by atoms with E-state index < -0.39 is 8.32 Å². The minimum atomic E-state index is -1.53. The van der Waals surface area contributed by atoms with Crippen molar-refractivity contribution in [2.45, 2.75) is 65.8 Å². The van der Waals surface area contributed by atoms with Crippen LogP contribution in [0.4, 0.5) is 0 Å². The third-order valence-electron chi connectivity index (χ3n) is 4.99. The maximum atomic E-state index is 6.69. The van der Waals surface area contributed by atoms with Gasteiger partial charge in [0.1, 0.15) is 0 Å². The van der Waals surface area contributed by atoms with Crippen LogP contribution < -0.4 is 0 Å². The van der Waals surface area contributed by atoms with Gasteiger partial charge in [-0.1, -0.05) is 77.1 Å². The highest BCUT2D eigenvalue weighted by atomic mass is 28.4. The van der Waals surface area contributed by atoms with Gasteiger partial charge in [0.2, 0.25) is 0 Å². The van der Waals surface area contributed by atoms with Crippen LogP contribution in [0, 0.1) is 11.8 Å². The zero-order chi connectivity index (χ0) is 16.6. The van der Waals surface area contributed by atoms with Crippen molar-refractivity contribution in [1.82, 2.24) is 0 Å². The molecule has 0 aliphatic carbocycles. The van der Waals surface area contributed by atoms with Crippen molar-refractivity contribution in [3.8, 4) is 0 Å². The van der Waals surface area contributed by atoms with E-state index in [0.29, 0.717) is 17.9 Å². The van der Waals surface area contributed by atoms with Gasteiger partial charge in [0.05, 0.1) is 0 Å². The molecular weight excluding hydrogens is 284 g/mol. The molecule has 0 saturated heterocycles. The summed E-state index contributed by atoms with van der Waals surface area (Å²) in [6, 6.07) is 14.2. The van der Waals surface area contributed by atoms with Gasteiger partial charge in [-0.15, -0.1) is 0 Å². The maximum Gasteiger partial charge on any atom is 0.192 e. The van der Waals surface area contributed by atoms with Crippen molar-refractivity contribution in [3.63, 3.8) is 0 Å². The van der Waals surface area contributed by atoms with Crippen molar-refractivity contribution >= 4 is 14.4 Å². The minimum Gasteiger partial charge on any atom is -0.414 e. The molecule has 1 aromatic carbocycles. The Morgan fingerprint density at radius 1 is 0.955 bits per heavy atom. The number of benzene rings is 1. The van der Waals surface area contributed by atoms with Crippen molar-refractivity contribution in [2.24, 2.45) is 11.8 Å². The summed E-state index contributed by atoms with van der Waals surface area (Å²) in [5.74, 6) is 1.06. The van der Waals surface area contributed by atoms with Crippen LogP contribution in [-0.2, 0) is 4.43 Å². The molecule has 2 atom stereocenters. The molecule has 1 aromatic rings.